The molecule has 9 heteroatoms. The van der Waals surface area contributed by atoms with Crippen molar-refractivity contribution in [2.24, 2.45) is 11.3 Å². The average Bonchev–Trinajstić information content (AvgIpc) is 3.36. The van der Waals surface area contributed by atoms with Gasteiger partial charge in [0, 0.05) is 24.8 Å². The maximum atomic E-state index is 12.8. The van der Waals surface area contributed by atoms with Crippen molar-refractivity contribution in [3.05, 3.63) is 40.4 Å². The number of carbonyl (C=O) groups excluding carboxylic acids is 2. The Kier molecular flexibility index (Phi) is 5.98. The molecule has 1 N–H and O–H groups in total. The van der Waals surface area contributed by atoms with E-state index in [0.717, 1.165) is 5.69 Å². The molecule has 0 saturated carbocycles. The Bertz CT molecular complexity index is 996. The van der Waals surface area contributed by atoms with Crippen LogP contribution >= 0.6 is 22.9 Å². The Balaban J connectivity index is 1.48. The van der Waals surface area contributed by atoms with Gasteiger partial charge in [0.05, 0.1) is 23.0 Å². The Morgan fingerprint density at radius 1 is 1.32 bits per heavy atom. The van der Waals surface area contributed by atoms with E-state index in [2.05, 4.69) is 10.3 Å². The number of cyclic esters (lactones) is 2. The number of para-hydroxylation sites is 1. The molecule has 2 saturated heterocycles. The van der Waals surface area contributed by atoms with E-state index in [4.69, 9.17) is 25.8 Å². The summed E-state index contributed by atoms with van der Waals surface area (Å²) in [6.07, 6.45) is -0.00470. The lowest BCUT2D eigenvalue weighted by atomic mass is 9.78. The van der Waals surface area contributed by atoms with Crippen molar-refractivity contribution in [2.75, 3.05) is 18.5 Å². The second-order valence-corrected chi connectivity index (χ2v) is 9.95. The summed E-state index contributed by atoms with van der Waals surface area (Å²) in [6.45, 7) is 6.72. The van der Waals surface area contributed by atoms with Crippen LogP contribution in [0, 0.1) is 11.3 Å². The number of thiazole rings is 1. The predicted octanol–water partition coefficient (Wildman–Crippen LogP) is 4.68. The molecule has 0 radical (unpaired) electrons. The number of halogens is 1. The van der Waals surface area contributed by atoms with Crippen molar-refractivity contribution >= 4 is 45.7 Å². The summed E-state index contributed by atoms with van der Waals surface area (Å²) in [7, 11) is 0. The van der Waals surface area contributed by atoms with Crippen LogP contribution in [0.2, 0.25) is 5.02 Å². The molecule has 0 unspecified atom stereocenters. The first kappa shape index (κ1) is 22.0. The topological polar surface area (TPSA) is 86.8 Å². The fraction of sp³-hybridized carbons (Fsp3) is 0.500. The Labute approximate surface area is 190 Å². The second kappa shape index (κ2) is 8.41. The molecule has 1 aromatic carbocycles. The van der Waals surface area contributed by atoms with Gasteiger partial charge in [-0.25, -0.2) is 4.98 Å². The monoisotopic (exact) mass is 464 g/mol. The summed E-state index contributed by atoms with van der Waals surface area (Å²) >= 11 is 7.58. The fourth-order valence-electron chi connectivity index (χ4n) is 4.00. The first-order valence-corrected chi connectivity index (χ1v) is 11.5. The Hall–Kier alpha value is -2.16. The molecule has 2 fully saturated rings. The first-order valence-electron chi connectivity index (χ1n) is 10.2. The largest absolute Gasteiger partial charge is 0.459 e. The van der Waals surface area contributed by atoms with Gasteiger partial charge in [-0.15, -0.1) is 11.3 Å². The Morgan fingerprint density at radius 2 is 2.10 bits per heavy atom. The maximum Gasteiger partial charge on any atom is 0.324 e. The smallest absolute Gasteiger partial charge is 0.324 e. The second-order valence-electron chi connectivity index (χ2n) is 8.68. The number of hydrogen-bond donors (Lipinski definition) is 1. The highest BCUT2D eigenvalue weighted by atomic mass is 35.5. The van der Waals surface area contributed by atoms with E-state index in [9.17, 15) is 9.59 Å². The number of carbonyl (C=O) groups is 2. The van der Waals surface area contributed by atoms with Crippen molar-refractivity contribution < 1.29 is 23.8 Å². The normalized spacial score (nSPS) is 27.7. The van der Waals surface area contributed by atoms with Crippen LogP contribution in [0.3, 0.4) is 0 Å². The molecule has 166 valence electrons. The minimum Gasteiger partial charge on any atom is -0.459 e. The molecule has 7 nitrogen and oxygen atoms in total. The van der Waals surface area contributed by atoms with Gasteiger partial charge in [-0.1, -0.05) is 37.6 Å². The zero-order valence-electron chi connectivity index (χ0n) is 17.6. The lowest BCUT2D eigenvalue weighted by Crippen LogP contribution is -2.32. The summed E-state index contributed by atoms with van der Waals surface area (Å²) in [4.78, 5) is 30.1. The van der Waals surface area contributed by atoms with Gasteiger partial charge in [-0.2, -0.15) is 0 Å². The van der Waals surface area contributed by atoms with Gasteiger partial charge in [0.15, 0.2) is 16.1 Å². The van der Waals surface area contributed by atoms with Gasteiger partial charge in [0.2, 0.25) is 0 Å². The van der Waals surface area contributed by atoms with Gasteiger partial charge in [-0.05, 0) is 25.0 Å². The number of benzene rings is 1. The number of nitrogens with zero attached hydrogens (tertiary/aromatic N) is 1. The molecule has 0 aliphatic carbocycles. The molecular weight excluding hydrogens is 440 g/mol. The maximum absolute atomic E-state index is 12.8. The highest BCUT2D eigenvalue weighted by Gasteiger charge is 2.65. The molecule has 31 heavy (non-hydrogen) atoms. The van der Waals surface area contributed by atoms with Crippen LogP contribution in [0.4, 0.5) is 10.8 Å². The standard InChI is InChI=1S/C22H25ClN2O5S/c1-13(2)9-28-10-14-8-22(18(26)29-14)12-21(3,30-19(22)27)17-11-31-20(25-17)24-16-7-5-4-6-15(16)23/h4-7,11,13-14H,8-10,12H2,1-3H3,(H,24,25)/t14-,21+,22+/m0/s1. The van der Waals surface area contributed by atoms with E-state index in [1.165, 1.54) is 11.3 Å². The summed E-state index contributed by atoms with van der Waals surface area (Å²) in [5.74, 6) is -0.715. The average molecular weight is 465 g/mol. The van der Waals surface area contributed by atoms with Gasteiger partial charge >= 0.3 is 11.9 Å². The minimum atomic E-state index is -1.31. The molecule has 3 atom stereocenters. The van der Waals surface area contributed by atoms with E-state index >= 15 is 0 Å². The van der Waals surface area contributed by atoms with Crippen molar-refractivity contribution in [2.45, 2.75) is 45.3 Å². The van der Waals surface area contributed by atoms with E-state index in [-0.39, 0.29) is 19.4 Å². The number of nitrogens with one attached hydrogen (secondary N) is 1. The fourth-order valence-corrected chi connectivity index (χ4v) is 5.03. The van der Waals surface area contributed by atoms with Crippen LogP contribution in [0.5, 0.6) is 0 Å². The van der Waals surface area contributed by atoms with Crippen LogP contribution < -0.4 is 5.32 Å². The van der Waals surface area contributed by atoms with Crippen molar-refractivity contribution in [1.82, 2.24) is 4.98 Å². The van der Waals surface area contributed by atoms with Crippen LogP contribution in [0.25, 0.3) is 0 Å². The van der Waals surface area contributed by atoms with Crippen molar-refractivity contribution in [3.63, 3.8) is 0 Å². The van der Waals surface area contributed by atoms with Crippen molar-refractivity contribution in [3.8, 4) is 0 Å². The van der Waals surface area contributed by atoms with Crippen LogP contribution in [0.15, 0.2) is 29.6 Å². The zero-order chi connectivity index (χ0) is 22.2. The summed E-state index contributed by atoms with van der Waals surface area (Å²) in [6, 6.07) is 7.36. The van der Waals surface area contributed by atoms with Gasteiger partial charge in [-0.3, -0.25) is 9.59 Å². The highest BCUT2D eigenvalue weighted by Crippen LogP contribution is 2.52. The Morgan fingerprint density at radius 3 is 2.84 bits per heavy atom. The number of esters is 2. The van der Waals surface area contributed by atoms with E-state index < -0.39 is 29.1 Å². The summed E-state index contributed by atoms with van der Waals surface area (Å²) < 4.78 is 16.8. The molecule has 0 amide bonds. The molecule has 2 aromatic rings. The molecular formula is C22H25ClN2O5S. The number of ether oxygens (including phenoxy) is 3. The summed E-state index contributed by atoms with van der Waals surface area (Å²) in [5.41, 5.74) is -0.996. The lowest BCUT2D eigenvalue weighted by molar-refractivity contribution is -0.160. The molecule has 2 aliphatic heterocycles. The third-order valence-corrected chi connectivity index (χ3v) is 6.59. The number of hydrogen-bond acceptors (Lipinski definition) is 8. The van der Waals surface area contributed by atoms with E-state index in [1.54, 1.807) is 13.0 Å². The SMILES string of the molecule is CC(C)COC[C@@H]1C[C@@]2(C[C@](C)(c3csc(Nc4ccccc4Cl)n3)OC2=O)C(=O)O1. The third kappa shape index (κ3) is 4.29. The third-order valence-electron chi connectivity index (χ3n) is 5.50. The molecule has 1 aromatic heterocycles. The number of aromatic nitrogens is 1. The van der Waals surface area contributed by atoms with Gasteiger partial charge in [0.1, 0.15) is 6.10 Å². The highest BCUT2D eigenvalue weighted by molar-refractivity contribution is 7.13. The quantitative estimate of drug-likeness (QED) is 0.470. The predicted molar refractivity (Wildman–Crippen MR) is 117 cm³/mol. The minimum absolute atomic E-state index is 0.188. The molecule has 2 aliphatic rings. The van der Waals surface area contributed by atoms with E-state index in [0.29, 0.717) is 28.4 Å². The molecule has 1 spiro atoms. The summed E-state index contributed by atoms with van der Waals surface area (Å²) in [5, 5.41) is 6.21. The van der Waals surface area contributed by atoms with Gasteiger partial charge in [0.25, 0.3) is 0 Å². The van der Waals surface area contributed by atoms with Gasteiger partial charge < -0.3 is 19.5 Å². The number of rotatable bonds is 7. The molecule has 0 bridgehead atoms. The molecule has 3 heterocycles. The first-order chi connectivity index (χ1) is 14.7. The zero-order valence-corrected chi connectivity index (χ0v) is 19.2. The number of anilines is 2. The van der Waals surface area contributed by atoms with Crippen LogP contribution in [0.1, 0.15) is 39.3 Å². The van der Waals surface area contributed by atoms with Crippen molar-refractivity contribution in [1.29, 1.82) is 0 Å². The van der Waals surface area contributed by atoms with Crippen LogP contribution in [-0.4, -0.2) is 36.2 Å². The molecule has 4 rings (SSSR count). The lowest BCUT2D eigenvalue weighted by Gasteiger charge is -2.20. The van der Waals surface area contributed by atoms with Crippen LogP contribution in [-0.2, 0) is 29.4 Å². The van der Waals surface area contributed by atoms with E-state index in [1.807, 2.05) is 37.4 Å².